The van der Waals surface area contributed by atoms with E-state index in [0.717, 1.165) is 0 Å². The summed E-state index contributed by atoms with van der Waals surface area (Å²) in [7, 11) is 0. The highest BCUT2D eigenvalue weighted by Gasteiger charge is 2.65. The SMILES string of the molecule is FC(F)(F)N(Cl)C(F)(F)C(F)(Cl)Cl. The zero-order valence-electron chi connectivity index (χ0n) is 5.35. The molecule has 0 heterocycles. The van der Waals surface area contributed by atoms with Gasteiger partial charge in [-0.3, -0.25) is 0 Å². The lowest BCUT2D eigenvalue weighted by Gasteiger charge is -2.29. The average Bonchev–Trinajstić information content (AvgIpc) is 1.81. The van der Waals surface area contributed by atoms with Gasteiger partial charge in [-0.2, -0.15) is 26.3 Å². The molecule has 1 nitrogen and oxygen atoms in total. The van der Waals surface area contributed by atoms with Crippen molar-refractivity contribution in [1.82, 2.24) is 4.42 Å². The third kappa shape index (κ3) is 2.93. The zero-order chi connectivity index (χ0) is 11.1. The Hall–Kier alpha value is 0.410. The molecule has 0 bridgehead atoms. The summed E-state index contributed by atoms with van der Waals surface area (Å²) in [5, 5.41) is 0. The molecule has 0 atom stereocenters. The van der Waals surface area contributed by atoms with Crippen molar-refractivity contribution in [2.45, 2.75) is 16.9 Å². The molecule has 10 heteroatoms. The zero-order valence-corrected chi connectivity index (χ0v) is 7.62. The summed E-state index contributed by atoms with van der Waals surface area (Å²) in [6.07, 6.45) is -5.66. The summed E-state index contributed by atoms with van der Waals surface area (Å²) in [6, 6.07) is -5.28. The first-order valence-corrected chi connectivity index (χ1v) is 3.47. The van der Waals surface area contributed by atoms with E-state index in [2.05, 4.69) is 35.0 Å². The number of hydrogen-bond donors (Lipinski definition) is 0. The van der Waals surface area contributed by atoms with E-state index in [0.29, 0.717) is 0 Å². The van der Waals surface area contributed by atoms with Crippen molar-refractivity contribution in [3.63, 3.8) is 0 Å². The van der Waals surface area contributed by atoms with E-state index in [1.807, 2.05) is 0 Å². The molecule has 0 fully saturated rings. The number of rotatable bonds is 2. The van der Waals surface area contributed by atoms with Gasteiger partial charge in [-0.25, -0.2) is 0 Å². The molecule has 0 aromatic rings. The standard InChI is InChI=1S/C3Cl3F6N/c4-1(5,7)2(8,9)13(6)3(10,11)12. The summed E-state index contributed by atoms with van der Waals surface area (Å²) < 4.78 is 64.6. The molecule has 0 aromatic heterocycles. The maximum atomic E-state index is 12.3. The van der Waals surface area contributed by atoms with Crippen LogP contribution in [-0.2, 0) is 0 Å². The molecule has 0 aliphatic rings. The lowest BCUT2D eigenvalue weighted by molar-refractivity contribution is -0.304. The first-order valence-electron chi connectivity index (χ1n) is 2.38. The van der Waals surface area contributed by atoms with Crippen LogP contribution >= 0.6 is 35.0 Å². The molecule has 0 rings (SSSR count). The Balaban J connectivity index is 4.86. The van der Waals surface area contributed by atoms with E-state index in [1.165, 1.54) is 0 Å². The van der Waals surface area contributed by atoms with Gasteiger partial charge in [0.2, 0.25) is 0 Å². The van der Waals surface area contributed by atoms with Crippen LogP contribution < -0.4 is 0 Å². The molecule has 0 aliphatic carbocycles. The van der Waals surface area contributed by atoms with Crippen LogP contribution in [0.15, 0.2) is 0 Å². The lowest BCUT2D eigenvalue weighted by Crippen LogP contribution is -2.52. The maximum absolute atomic E-state index is 12.3. The first kappa shape index (κ1) is 13.4. The summed E-state index contributed by atoms with van der Waals surface area (Å²) in [6.45, 7) is 0. The fourth-order valence-corrected chi connectivity index (χ4v) is 0.643. The second-order valence-corrected chi connectivity index (χ2v) is 3.36. The molecule has 0 aliphatic heterocycles. The quantitative estimate of drug-likeness (QED) is 0.320. The topological polar surface area (TPSA) is 3.24 Å². The van der Waals surface area contributed by atoms with Gasteiger partial charge in [0.1, 0.15) is 0 Å². The van der Waals surface area contributed by atoms with Crippen LogP contribution in [0.3, 0.4) is 0 Å². The summed E-state index contributed by atoms with van der Waals surface area (Å²) in [5.41, 5.74) is 0. The Morgan fingerprint density at radius 2 is 1.15 bits per heavy atom. The summed E-state index contributed by atoms with van der Waals surface area (Å²) >= 11 is 12.4. The van der Waals surface area contributed by atoms with Crippen LogP contribution in [0, 0.1) is 0 Å². The van der Waals surface area contributed by atoms with Crippen LogP contribution in [0.2, 0.25) is 0 Å². The first-order chi connectivity index (χ1) is 5.40. The molecule has 0 aromatic carbocycles. The van der Waals surface area contributed by atoms with Crippen molar-refractivity contribution in [1.29, 1.82) is 0 Å². The second kappa shape index (κ2) is 3.52. The van der Waals surface area contributed by atoms with Crippen molar-refractivity contribution < 1.29 is 26.3 Å². The fraction of sp³-hybridized carbons (Fsp3) is 1.00. The predicted octanol–water partition coefficient (Wildman–Crippen LogP) is 3.66. The highest BCUT2D eigenvalue weighted by atomic mass is 35.5. The number of nitrogens with zero attached hydrogens (tertiary/aromatic N) is 1. The number of alkyl halides is 8. The largest absolute Gasteiger partial charge is 0.479 e. The Bertz CT molecular complexity index is 185. The number of halogens is 9. The van der Waals surface area contributed by atoms with E-state index in [1.54, 1.807) is 0 Å². The minimum absolute atomic E-state index is 2.04. The summed E-state index contributed by atoms with van der Waals surface area (Å²) in [4.78, 5) is 0. The molecular formula is C3Cl3F6N. The van der Waals surface area contributed by atoms with E-state index in [9.17, 15) is 26.3 Å². The summed E-state index contributed by atoms with van der Waals surface area (Å²) in [5.74, 6) is 0. The normalized spacial score (nSPS) is 15.2. The monoisotopic (exact) mass is 269 g/mol. The fourth-order valence-electron chi connectivity index (χ4n) is 0.271. The van der Waals surface area contributed by atoms with E-state index in [-0.39, 0.29) is 0 Å². The third-order valence-corrected chi connectivity index (χ3v) is 1.67. The molecule has 0 amide bonds. The van der Waals surface area contributed by atoms with Crippen molar-refractivity contribution in [3.05, 3.63) is 0 Å². The van der Waals surface area contributed by atoms with E-state index in [4.69, 9.17) is 0 Å². The van der Waals surface area contributed by atoms with Crippen LogP contribution in [0.25, 0.3) is 0 Å². The van der Waals surface area contributed by atoms with Gasteiger partial charge in [-0.15, -0.1) is 0 Å². The van der Waals surface area contributed by atoms with Gasteiger partial charge >= 0.3 is 16.9 Å². The highest BCUT2D eigenvalue weighted by molar-refractivity contribution is 6.48. The van der Waals surface area contributed by atoms with Gasteiger partial charge in [-0.1, -0.05) is 27.6 Å². The van der Waals surface area contributed by atoms with Crippen LogP contribution in [0.4, 0.5) is 26.3 Å². The van der Waals surface area contributed by atoms with Gasteiger partial charge < -0.3 is 0 Å². The van der Waals surface area contributed by atoms with Crippen molar-refractivity contribution >= 4 is 35.0 Å². The Kier molecular flexibility index (Phi) is 3.64. The minimum atomic E-state index is -5.66. The van der Waals surface area contributed by atoms with Gasteiger partial charge in [0.05, 0.1) is 0 Å². The molecule has 0 saturated carbocycles. The molecule has 0 unspecified atom stereocenters. The highest BCUT2D eigenvalue weighted by Crippen LogP contribution is 2.47. The average molecular weight is 270 g/mol. The Labute approximate surface area is 83.2 Å². The smallest absolute Gasteiger partial charge is 0.199 e. The number of hydrogen-bond acceptors (Lipinski definition) is 1. The molecule has 0 N–H and O–H groups in total. The second-order valence-electron chi connectivity index (χ2n) is 1.79. The van der Waals surface area contributed by atoms with Crippen molar-refractivity contribution in [2.75, 3.05) is 0 Å². The maximum Gasteiger partial charge on any atom is 0.479 e. The van der Waals surface area contributed by atoms with Gasteiger partial charge in [0.15, 0.2) is 0 Å². The van der Waals surface area contributed by atoms with Gasteiger partial charge in [-0.05, 0) is 11.8 Å². The van der Waals surface area contributed by atoms with E-state index < -0.39 is 21.4 Å². The van der Waals surface area contributed by atoms with E-state index >= 15 is 0 Å². The third-order valence-electron chi connectivity index (χ3n) is 0.810. The van der Waals surface area contributed by atoms with Crippen LogP contribution in [0.1, 0.15) is 0 Å². The lowest BCUT2D eigenvalue weighted by atomic mass is 10.6. The van der Waals surface area contributed by atoms with Crippen molar-refractivity contribution in [2.24, 2.45) is 0 Å². The molecule has 0 radical (unpaired) electrons. The predicted molar refractivity (Wildman–Crippen MR) is 34.2 cm³/mol. The Morgan fingerprint density at radius 3 is 1.23 bits per heavy atom. The van der Waals surface area contributed by atoms with Gasteiger partial charge in [0, 0.05) is 0 Å². The molecule has 80 valence electrons. The Morgan fingerprint density at radius 1 is 0.846 bits per heavy atom. The van der Waals surface area contributed by atoms with Gasteiger partial charge in [0.25, 0.3) is 0 Å². The van der Waals surface area contributed by atoms with Crippen molar-refractivity contribution in [3.8, 4) is 0 Å². The van der Waals surface area contributed by atoms with Crippen LogP contribution in [0.5, 0.6) is 0 Å². The molecular weight excluding hydrogens is 270 g/mol. The molecule has 0 spiro atoms. The molecule has 13 heavy (non-hydrogen) atoms. The van der Waals surface area contributed by atoms with Crippen LogP contribution in [-0.4, -0.2) is 21.4 Å². The minimum Gasteiger partial charge on any atom is -0.199 e. The molecule has 0 saturated heterocycles.